The number of hydrogen-bond acceptors (Lipinski definition) is 10. The summed E-state index contributed by atoms with van der Waals surface area (Å²) in [4.78, 5) is 4.14. The van der Waals surface area contributed by atoms with Crippen molar-refractivity contribution in [3.8, 4) is 0 Å². The molecule has 3 rings (SSSR count). The van der Waals surface area contributed by atoms with Gasteiger partial charge in [0.05, 0.1) is 12.3 Å². The molecule has 0 saturated carbocycles. The molecule has 0 aromatic carbocycles. The van der Waals surface area contributed by atoms with E-state index in [2.05, 4.69) is 15.3 Å². The Labute approximate surface area is 168 Å². The molecule has 12 nitrogen and oxygen atoms in total. The molecule has 3 heterocycles. The summed E-state index contributed by atoms with van der Waals surface area (Å²) in [6.07, 6.45) is 1.32. The van der Waals surface area contributed by atoms with Crippen LogP contribution in [0, 0.1) is 13.8 Å². The lowest BCUT2D eigenvalue weighted by Crippen LogP contribution is -2.62. The highest BCUT2D eigenvalue weighted by molar-refractivity contribution is 7.89. The van der Waals surface area contributed by atoms with Crippen molar-refractivity contribution >= 4 is 20.0 Å². The molecule has 2 aromatic heterocycles. The summed E-state index contributed by atoms with van der Waals surface area (Å²) in [5.74, 6) is 0.855. The zero-order chi connectivity index (χ0) is 21.4. The van der Waals surface area contributed by atoms with Gasteiger partial charge in [0.2, 0.25) is 20.0 Å². The van der Waals surface area contributed by atoms with Gasteiger partial charge in [-0.1, -0.05) is 10.3 Å². The maximum absolute atomic E-state index is 12.8. The predicted molar refractivity (Wildman–Crippen MR) is 98.8 cm³/mol. The van der Waals surface area contributed by atoms with Crippen LogP contribution in [0.25, 0.3) is 0 Å². The molecule has 14 heteroatoms. The van der Waals surface area contributed by atoms with E-state index in [1.165, 1.54) is 22.6 Å². The summed E-state index contributed by atoms with van der Waals surface area (Å²) >= 11 is 0. The Morgan fingerprint density at radius 1 is 1.17 bits per heavy atom. The minimum atomic E-state index is -3.80. The first-order valence-corrected chi connectivity index (χ1v) is 12.0. The highest BCUT2D eigenvalue weighted by atomic mass is 32.2. The van der Waals surface area contributed by atoms with Crippen molar-refractivity contribution in [2.45, 2.75) is 37.8 Å². The van der Waals surface area contributed by atoms with Crippen LogP contribution in [0.4, 0.5) is 0 Å². The van der Waals surface area contributed by atoms with Crippen molar-refractivity contribution in [3.63, 3.8) is 0 Å². The summed E-state index contributed by atoms with van der Waals surface area (Å²) < 4.78 is 67.4. The molecule has 29 heavy (non-hydrogen) atoms. The van der Waals surface area contributed by atoms with Crippen LogP contribution in [0.5, 0.6) is 0 Å². The summed E-state index contributed by atoms with van der Waals surface area (Å²) in [6, 6.07) is -0.481. The van der Waals surface area contributed by atoms with E-state index in [1.54, 1.807) is 6.92 Å². The van der Waals surface area contributed by atoms with Crippen molar-refractivity contribution in [1.82, 2.24) is 23.9 Å². The fourth-order valence-electron chi connectivity index (χ4n) is 3.17. The molecule has 0 atom stereocenters. The van der Waals surface area contributed by atoms with Crippen LogP contribution < -0.4 is 0 Å². The number of hydrogen-bond donors (Lipinski definition) is 0. The second kappa shape index (κ2) is 8.10. The first-order chi connectivity index (χ1) is 13.5. The van der Waals surface area contributed by atoms with Gasteiger partial charge in [0.25, 0.3) is 5.89 Å². The lowest BCUT2D eigenvalue weighted by atomic mass is 10.2. The molecule has 0 aliphatic carbocycles. The van der Waals surface area contributed by atoms with Crippen molar-refractivity contribution in [2.24, 2.45) is 0 Å². The molecule has 2 aromatic rings. The third-order valence-electron chi connectivity index (χ3n) is 4.56. The van der Waals surface area contributed by atoms with Gasteiger partial charge in [-0.05, 0) is 13.8 Å². The van der Waals surface area contributed by atoms with Gasteiger partial charge in [-0.3, -0.25) is 0 Å². The fourth-order valence-corrected chi connectivity index (χ4v) is 6.07. The van der Waals surface area contributed by atoms with E-state index < -0.39 is 26.1 Å². The molecule has 0 radical (unpaired) electrons. The first-order valence-electron chi connectivity index (χ1n) is 8.74. The average Bonchev–Trinajstić information content (AvgIpc) is 3.14. The van der Waals surface area contributed by atoms with E-state index in [1.807, 2.05) is 0 Å². The van der Waals surface area contributed by atoms with E-state index in [9.17, 15) is 16.8 Å². The number of aromatic nitrogens is 3. The molecule has 1 aliphatic heterocycles. The van der Waals surface area contributed by atoms with Gasteiger partial charge in [-0.15, -0.1) is 0 Å². The number of rotatable bonds is 9. The van der Waals surface area contributed by atoms with Crippen LogP contribution in [0.3, 0.4) is 0 Å². The van der Waals surface area contributed by atoms with Gasteiger partial charge in [-0.25, -0.2) is 16.8 Å². The molecule has 0 N–H and O–H groups in total. The molecule has 0 amide bonds. The van der Waals surface area contributed by atoms with Crippen LogP contribution >= 0.6 is 0 Å². The predicted octanol–water partition coefficient (Wildman–Crippen LogP) is -0.302. The summed E-state index contributed by atoms with van der Waals surface area (Å²) in [5, 5.41) is 7.46. The van der Waals surface area contributed by atoms with E-state index in [0.29, 0.717) is 11.7 Å². The highest BCUT2D eigenvalue weighted by Gasteiger charge is 2.44. The second-order valence-corrected chi connectivity index (χ2v) is 10.6. The lowest BCUT2D eigenvalue weighted by molar-refractivity contribution is 0.151. The van der Waals surface area contributed by atoms with Crippen LogP contribution in [0.1, 0.15) is 23.2 Å². The van der Waals surface area contributed by atoms with Crippen LogP contribution in [-0.2, 0) is 37.8 Å². The Bertz CT molecular complexity index is 1050. The third kappa shape index (κ3) is 4.50. The maximum Gasteiger partial charge on any atom is 0.252 e. The van der Waals surface area contributed by atoms with Crippen molar-refractivity contribution in [2.75, 3.05) is 33.0 Å². The molecular formula is C15H23N5O7S2. The SMILES string of the molecule is COCc1nc(CCN(C2CN(S(=O)(=O)c3c(C)noc3C)C2)S(C)(=O)=O)no1. The summed E-state index contributed by atoms with van der Waals surface area (Å²) in [5.41, 5.74) is 0.273. The van der Waals surface area contributed by atoms with Crippen LogP contribution in [0.2, 0.25) is 0 Å². The van der Waals surface area contributed by atoms with E-state index in [0.717, 1.165) is 6.26 Å². The normalized spacial score (nSPS) is 16.4. The monoisotopic (exact) mass is 449 g/mol. The van der Waals surface area contributed by atoms with Crippen LogP contribution in [0.15, 0.2) is 13.9 Å². The zero-order valence-electron chi connectivity index (χ0n) is 16.5. The summed E-state index contributed by atoms with van der Waals surface area (Å²) in [7, 11) is -5.87. The minimum Gasteiger partial charge on any atom is -0.375 e. The molecule has 1 aliphatic rings. The van der Waals surface area contributed by atoms with Gasteiger partial charge in [0, 0.05) is 33.2 Å². The van der Waals surface area contributed by atoms with Gasteiger partial charge in [0.15, 0.2) is 11.6 Å². The second-order valence-electron chi connectivity index (χ2n) is 6.79. The van der Waals surface area contributed by atoms with E-state index in [-0.39, 0.29) is 49.0 Å². The molecule has 162 valence electrons. The molecular weight excluding hydrogens is 426 g/mol. The quantitative estimate of drug-likeness (QED) is 0.499. The van der Waals surface area contributed by atoms with E-state index in [4.69, 9.17) is 13.8 Å². The molecule has 1 fully saturated rings. The third-order valence-corrected chi connectivity index (χ3v) is 7.97. The maximum atomic E-state index is 12.8. The topological polar surface area (TPSA) is 149 Å². The van der Waals surface area contributed by atoms with Crippen molar-refractivity contribution < 1.29 is 30.6 Å². The molecule has 0 bridgehead atoms. The lowest BCUT2D eigenvalue weighted by Gasteiger charge is -2.43. The number of sulfonamides is 2. The van der Waals surface area contributed by atoms with Gasteiger partial charge in [0.1, 0.15) is 17.2 Å². The van der Waals surface area contributed by atoms with Crippen LogP contribution in [-0.4, -0.2) is 79.8 Å². The Balaban J connectivity index is 1.67. The number of methoxy groups -OCH3 is 1. The summed E-state index contributed by atoms with van der Waals surface area (Å²) in [6.45, 7) is 3.43. The van der Waals surface area contributed by atoms with Gasteiger partial charge in [-0.2, -0.15) is 13.6 Å². The fraction of sp³-hybridized carbons (Fsp3) is 0.667. The average molecular weight is 450 g/mol. The number of aryl methyl sites for hydroxylation is 2. The highest BCUT2D eigenvalue weighted by Crippen LogP contribution is 2.29. The molecule has 0 unspecified atom stereocenters. The smallest absolute Gasteiger partial charge is 0.252 e. The Kier molecular flexibility index (Phi) is 6.10. The van der Waals surface area contributed by atoms with Gasteiger partial charge < -0.3 is 13.8 Å². The zero-order valence-corrected chi connectivity index (χ0v) is 18.2. The molecule has 0 spiro atoms. The largest absolute Gasteiger partial charge is 0.375 e. The van der Waals surface area contributed by atoms with Gasteiger partial charge >= 0.3 is 0 Å². The minimum absolute atomic E-state index is 0.0272. The number of ether oxygens (including phenoxy) is 1. The first kappa shape index (κ1) is 21.8. The van der Waals surface area contributed by atoms with Crippen molar-refractivity contribution in [3.05, 3.63) is 23.2 Å². The Morgan fingerprint density at radius 3 is 2.41 bits per heavy atom. The Hall–Kier alpha value is -1.87. The standard InChI is InChI=1S/C15H23N5O7S2/c1-10-15(11(2)26-17-10)29(23,24)19-7-12(8-19)20(28(4,21)22)6-5-13-16-14(9-25-3)27-18-13/h12H,5-9H2,1-4H3. The van der Waals surface area contributed by atoms with E-state index >= 15 is 0 Å². The molecule has 1 saturated heterocycles. The number of nitrogens with zero attached hydrogens (tertiary/aromatic N) is 5. The Morgan fingerprint density at radius 2 is 1.86 bits per heavy atom. The van der Waals surface area contributed by atoms with Crippen molar-refractivity contribution in [1.29, 1.82) is 0 Å².